The fraction of sp³-hybridized carbons (Fsp3) is 0.300. The Bertz CT molecular complexity index is 1040. The summed E-state index contributed by atoms with van der Waals surface area (Å²) in [6, 6.07) is 9.36. The van der Waals surface area contributed by atoms with Gasteiger partial charge in [-0.25, -0.2) is 17.9 Å². The number of hydrogen-bond acceptors (Lipinski definition) is 5. The topological polar surface area (TPSA) is 102 Å². The van der Waals surface area contributed by atoms with Crippen LogP contribution >= 0.6 is 11.6 Å². The SMILES string of the molecule is CNS(=O)(=O)c1ccc(Cl)c(C(=O)OCC(=O)Nc2c(C)cccc2C(C)C)c1. The van der Waals surface area contributed by atoms with Gasteiger partial charge < -0.3 is 10.1 Å². The second kappa shape index (κ2) is 9.39. The molecule has 9 heteroatoms. The van der Waals surface area contributed by atoms with E-state index >= 15 is 0 Å². The highest BCUT2D eigenvalue weighted by molar-refractivity contribution is 7.89. The lowest BCUT2D eigenvalue weighted by atomic mass is 9.98. The Labute approximate surface area is 175 Å². The van der Waals surface area contributed by atoms with Crippen molar-refractivity contribution in [1.82, 2.24) is 4.72 Å². The second-order valence-corrected chi connectivity index (χ2v) is 8.96. The number of amides is 1. The number of ether oxygens (including phenoxy) is 1. The van der Waals surface area contributed by atoms with Gasteiger partial charge in [-0.3, -0.25) is 4.79 Å². The molecular formula is C20H23ClN2O5S. The molecule has 0 heterocycles. The quantitative estimate of drug-likeness (QED) is 0.644. The molecule has 0 fully saturated rings. The molecule has 0 atom stereocenters. The van der Waals surface area contributed by atoms with Crippen molar-refractivity contribution in [2.45, 2.75) is 31.6 Å². The predicted octanol–water partition coefficient (Wildman–Crippen LogP) is 3.48. The maximum Gasteiger partial charge on any atom is 0.340 e. The zero-order valence-electron chi connectivity index (χ0n) is 16.6. The van der Waals surface area contributed by atoms with Crippen LogP contribution in [0.3, 0.4) is 0 Å². The zero-order chi connectivity index (χ0) is 21.8. The van der Waals surface area contributed by atoms with Crippen LogP contribution in [0.4, 0.5) is 5.69 Å². The van der Waals surface area contributed by atoms with Crippen molar-refractivity contribution < 1.29 is 22.7 Å². The first-order valence-corrected chi connectivity index (χ1v) is 10.7. The summed E-state index contributed by atoms with van der Waals surface area (Å²) < 4.78 is 31.0. The van der Waals surface area contributed by atoms with E-state index in [1.165, 1.54) is 19.2 Å². The van der Waals surface area contributed by atoms with Gasteiger partial charge in [-0.15, -0.1) is 0 Å². The number of aryl methyl sites for hydroxylation is 1. The molecular weight excluding hydrogens is 416 g/mol. The van der Waals surface area contributed by atoms with Gasteiger partial charge in [0.1, 0.15) is 0 Å². The normalized spacial score (nSPS) is 11.4. The van der Waals surface area contributed by atoms with Crippen LogP contribution in [-0.4, -0.2) is 33.9 Å². The van der Waals surface area contributed by atoms with Gasteiger partial charge in [-0.05, 0) is 49.2 Å². The van der Waals surface area contributed by atoms with Gasteiger partial charge in [-0.2, -0.15) is 0 Å². The van der Waals surface area contributed by atoms with Crippen LogP contribution < -0.4 is 10.0 Å². The summed E-state index contributed by atoms with van der Waals surface area (Å²) in [7, 11) is -2.50. The smallest absolute Gasteiger partial charge is 0.340 e. The molecule has 2 N–H and O–H groups in total. The highest BCUT2D eigenvalue weighted by atomic mass is 35.5. The lowest BCUT2D eigenvalue weighted by molar-refractivity contribution is -0.119. The standard InChI is InChI=1S/C20H23ClN2O5S/c1-12(2)15-7-5-6-13(3)19(15)23-18(24)11-28-20(25)16-10-14(8-9-17(16)21)29(26,27)22-4/h5-10,12,22H,11H2,1-4H3,(H,23,24). The van der Waals surface area contributed by atoms with Crippen molar-refractivity contribution in [3.05, 3.63) is 58.1 Å². The van der Waals surface area contributed by atoms with Gasteiger partial charge >= 0.3 is 5.97 Å². The number of halogens is 1. The first-order valence-electron chi connectivity index (χ1n) is 8.86. The minimum absolute atomic E-state index is 0.0199. The average molecular weight is 439 g/mol. The minimum Gasteiger partial charge on any atom is -0.452 e. The van der Waals surface area contributed by atoms with Gasteiger partial charge in [0.25, 0.3) is 5.91 Å². The van der Waals surface area contributed by atoms with Crippen LogP contribution in [0.2, 0.25) is 5.02 Å². The lowest BCUT2D eigenvalue weighted by Crippen LogP contribution is -2.23. The molecule has 29 heavy (non-hydrogen) atoms. The second-order valence-electron chi connectivity index (χ2n) is 6.67. The summed E-state index contributed by atoms with van der Waals surface area (Å²) in [4.78, 5) is 24.5. The largest absolute Gasteiger partial charge is 0.452 e. The number of carbonyl (C=O) groups excluding carboxylic acids is 2. The maximum absolute atomic E-state index is 12.3. The highest BCUT2D eigenvalue weighted by Gasteiger charge is 2.20. The number of rotatable bonds is 7. The zero-order valence-corrected chi connectivity index (χ0v) is 18.1. The summed E-state index contributed by atoms with van der Waals surface area (Å²) in [6.07, 6.45) is 0. The Balaban J connectivity index is 2.12. The fourth-order valence-corrected chi connectivity index (χ4v) is 3.62. The van der Waals surface area contributed by atoms with Gasteiger partial charge in [0.2, 0.25) is 10.0 Å². The molecule has 1 amide bonds. The number of benzene rings is 2. The van der Waals surface area contributed by atoms with Crippen molar-refractivity contribution in [2.75, 3.05) is 19.0 Å². The molecule has 7 nitrogen and oxygen atoms in total. The van der Waals surface area contributed by atoms with Crippen molar-refractivity contribution in [2.24, 2.45) is 0 Å². The number of para-hydroxylation sites is 1. The average Bonchev–Trinajstić information content (AvgIpc) is 2.67. The molecule has 0 saturated carbocycles. The fourth-order valence-electron chi connectivity index (χ4n) is 2.67. The van der Waals surface area contributed by atoms with Gasteiger partial charge in [0.15, 0.2) is 6.61 Å². The van der Waals surface area contributed by atoms with Crippen LogP contribution in [-0.2, 0) is 19.6 Å². The van der Waals surface area contributed by atoms with Crippen LogP contribution in [0.25, 0.3) is 0 Å². The molecule has 156 valence electrons. The van der Waals surface area contributed by atoms with E-state index in [-0.39, 0.29) is 21.4 Å². The molecule has 0 unspecified atom stereocenters. The summed E-state index contributed by atoms with van der Waals surface area (Å²) in [6.45, 7) is 5.36. The van der Waals surface area contributed by atoms with Crippen LogP contribution in [0.5, 0.6) is 0 Å². The highest BCUT2D eigenvalue weighted by Crippen LogP contribution is 2.27. The molecule has 0 aliphatic carbocycles. The summed E-state index contributed by atoms with van der Waals surface area (Å²) in [5.74, 6) is -1.21. The summed E-state index contributed by atoms with van der Waals surface area (Å²) in [5.41, 5.74) is 2.40. The van der Waals surface area contributed by atoms with Crippen LogP contribution in [0, 0.1) is 6.92 Å². The number of nitrogens with one attached hydrogen (secondary N) is 2. The molecule has 0 aromatic heterocycles. The van der Waals surface area contributed by atoms with E-state index < -0.39 is 28.5 Å². The summed E-state index contributed by atoms with van der Waals surface area (Å²) >= 11 is 5.99. The molecule has 0 saturated heterocycles. The minimum atomic E-state index is -3.76. The van der Waals surface area contributed by atoms with E-state index in [0.717, 1.165) is 17.2 Å². The van der Waals surface area contributed by atoms with Gasteiger partial charge in [0, 0.05) is 5.69 Å². The Morgan fingerprint density at radius 1 is 1.17 bits per heavy atom. The van der Waals surface area contributed by atoms with Crippen molar-refractivity contribution in [3.63, 3.8) is 0 Å². The Morgan fingerprint density at radius 3 is 2.48 bits per heavy atom. The van der Waals surface area contributed by atoms with Crippen molar-refractivity contribution in [1.29, 1.82) is 0 Å². The van der Waals surface area contributed by atoms with Crippen molar-refractivity contribution >= 4 is 39.2 Å². The van der Waals surface area contributed by atoms with E-state index in [0.29, 0.717) is 5.69 Å². The molecule has 0 spiro atoms. The lowest BCUT2D eigenvalue weighted by Gasteiger charge is -2.16. The van der Waals surface area contributed by atoms with Crippen molar-refractivity contribution in [3.8, 4) is 0 Å². The van der Waals surface area contributed by atoms with E-state index in [2.05, 4.69) is 10.0 Å². The number of carbonyl (C=O) groups is 2. The molecule has 0 aliphatic rings. The van der Waals surface area contributed by atoms with E-state index in [9.17, 15) is 18.0 Å². The maximum atomic E-state index is 12.3. The van der Waals surface area contributed by atoms with Gasteiger partial charge in [0.05, 0.1) is 15.5 Å². The number of hydrogen-bond donors (Lipinski definition) is 2. The first kappa shape index (κ1) is 22.9. The third-order valence-electron chi connectivity index (χ3n) is 4.26. The number of anilines is 1. The Kier molecular flexibility index (Phi) is 7.40. The Morgan fingerprint density at radius 2 is 1.86 bits per heavy atom. The predicted molar refractivity (Wildman–Crippen MR) is 112 cm³/mol. The molecule has 2 rings (SSSR count). The molecule has 2 aromatic carbocycles. The first-order chi connectivity index (χ1) is 13.6. The van der Waals surface area contributed by atoms with Gasteiger partial charge in [-0.1, -0.05) is 43.6 Å². The Hall–Kier alpha value is -2.42. The third-order valence-corrected chi connectivity index (χ3v) is 6.00. The van der Waals surface area contributed by atoms with E-state index in [1.54, 1.807) is 0 Å². The molecule has 0 radical (unpaired) electrons. The third kappa shape index (κ3) is 5.56. The van der Waals surface area contributed by atoms with Crippen LogP contribution in [0.15, 0.2) is 41.3 Å². The molecule has 2 aromatic rings. The molecule has 0 aliphatic heterocycles. The summed E-state index contributed by atoms with van der Waals surface area (Å²) in [5, 5.41) is 2.79. The number of sulfonamides is 1. The number of esters is 1. The monoisotopic (exact) mass is 438 g/mol. The van der Waals surface area contributed by atoms with Crippen LogP contribution in [0.1, 0.15) is 41.3 Å². The van der Waals surface area contributed by atoms with E-state index in [1.807, 2.05) is 39.0 Å². The van der Waals surface area contributed by atoms with E-state index in [4.69, 9.17) is 16.3 Å². The molecule has 0 bridgehead atoms.